The van der Waals surface area contributed by atoms with E-state index in [0.29, 0.717) is 21.4 Å². The molecule has 4 rings (SSSR count). The van der Waals surface area contributed by atoms with Crippen molar-refractivity contribution in [2.75, 3.05) is 9.80 Å². The van der Waals surface area contributed by atoms with Crippen molar-refractivity contribution in [1.29, 1.82) is 0 Å². The molecule has 0 saturated carbocycles. The lowest BCUT2D eigenvalue weighted by atomic mass is 10.4. The van der Waals surface area contributed by atoms with Gasteiger partial charge in [-0.3, -0.25) is 19.2 Å². The second-order valence-corrected chi connectivity index (χ2v) is 7.62. The zero-order valence-electron chi connectivity index (χ0n) is 14.0. The van der Waals surface area contributed by atoms with Crippen LogP contribution in [0, 0.1) is 0 Å². The van der Waals surface area contributed by atoms with Gasteiger partial charge in [0.1, 0.15) is 10.1 Å². The lowest BCUT2D eigenvalue weighted by molar-refractivity contribution is -0.121. The zero-order valence-corrected chi connectivity index (χ0v) is 15.6. The molecule has 138 valence electrons. The Morgan fingerprint density at radius 1 is 0.607 bits per heavy atom. The Hall–Kier alpha value is -3.24. The Morgan fingerprint density at radius 3 is 1.32 bits per heavy atom. The average Bonchev–Trinajstić information content (AvgIpc) is 3.21. The number of hydrogen-bond acceptors (Lipinski definition) is 8. The van der Waals surface area contributed by atoms with Gasteiger partial charge in [-0.05, 0) is 45.9 Å². The molecular formula is C18H10N4O4S2. The Morgan fingerprint density at radius 2 is 0.964 bits per heavy atom. The van der Waals surface area contributed by atoms with Gasteiger partial charge in [0.25, 0.3) is 23.6 Å². The van der Waals surface area contributed by atoms with Crippen molar-refractivity contribution in [3.8, 4) is 0 Å². The third kappa shape index (κ3) is 3.23. The van der Waals surface area contributed by atoms with Crippen molar-refractivity contribution in [2.24, 2.45) is 0 Å². The minimum atomic E-state index is -0.442. The number of amides is 4. The molecular weight excluding hydrogens is 400 g/mol. The van der Waals surface area contributed by atoms with Crippen LogP contribution in [0.5, 0.6) is 0 Å². The van der Waals surface area contributed by atoms with E-state index in [9.17, 15) is 19.2 Å². The van der Waals surface area contributed by atoms with E-state index in [2.05, 4.69) is 9.97 Å². The van der Waals surface area contributed by atoms with Crippen molar-refractivity contribution in [3.05, 3.63) is 61.0 Å². The van der Waals surface area contributed by atoms with Gasteiger partial charge in [0.05, 0.1) is 11.4 Å². The number of carbonyl (C=O) groups excluding carboxylic acids is 4. The Labute approximate surface area is 166 Å². The molecule has 2 aromatic heterocycles. The SMILES string of the molecule is O=C1C=CC(=O)N1c1cccnc1SSc1ncccc1N1C(=O)C=CC1=O. The molecule has 0 unspecified atom stereocenters. The van der Waals surface area contributed by atoms with Gasteiger partial charge in [-0.1, -0.05) is 0 Å². The van der Waals surface area contributed by atoms with Crippen molar-refractivity contribution >= 4 is 56.6 Å². The fourth-order valence-electron chi connectivity index (χ4n) is 2.59. The van der Waals surface area contributed by atoms with Crippen LogP contribution in [0.4, 0.5) is 11.4 Å². The molecule has 0 aliphatic carbocycles. The topological polar surface area (TPSA) is 101 Å². The highest BCUT2D eigenvalue weighted by Crippen LogP contribution is 2.43. The maximum atomic E-state index is 12.0. The molecule has 2 aliphatic heterocycles. The summed E-state index contributed by atoms with van der Waals surface area (Å²) >= 11 is 0. The summed E-state index contributed by atoms with van der Waals surface area (Å²) in [5, 5.41) is 0.846. The fraction of sp³-hybridized carbons (Fsp3) is 0. The van der Waals surface area contributed by atoms with E-state index in [-0.39, 0.29) is 0 Å². The van der Waals surface area contributed by atoms with E-state index in [1.165, 1.54) is 45.9 Å². The molecule has 2 aliphatic rings. The van der Waals surface area contributed by atoms with Crippen LogP contribution in [0.3, 0.4) is 0 Å². The summed E-state index contributed by atoms with van der Waals surface area (Å²) < 4.78 is 0. The highest BCUT2D eigenvalue weighted by atomic mass is 33.1. The van der Waals surface area contributed by atoms with Gasteiger partial charge in [-0.15, -0.1) is 0 Å². The van der Waals surface area contributed by atoms with Crippen LogP contribution in [0.2, 0.25) is 0 Å². The third-order valence-corrected chi connectivity index (χ3v) is 6.03. The normalized spacial score (nSPS) is 16.0. The van der Waals surface area contributed by atoms with E-state index in [4.69, 9.17) is 0 Å². The van der Waals surface area contributed by atoms with Crippen LogP contribution in [-0.4, -0.2) is 33.6 Å². The molecule has 0 atom stereocenters. The van der Waals surface area contributed by atoms with E-state index in [1.807, 2.05) is 0 Å². The molecule has 0 N–H and O–H groups in total. The number of carbonyl (C=O) groups is 4. The lowest BCUT2D eigenvalue weighted by Gasteiger charge is -2.18. The first-order valence-corrected chi connectivity index (χ1v) is 10.1. The monoisotopic (exact) mass is 410 g/mol. The van der Waals surface area contributed by atoms with Gasteiger partial charge < -0.3 is 0 Å². The summed E-state index contributed by atoms with van der Waals surface area (Å²) in [6.45, 7) is 0. The number of nitrogens with zero attached hydrogens (tertiary/aromatic N) is 4. The van der Waals surface area contributed by atoms with Gasteiger partial charge in [-0.25, -0.2) is 19.8 Å². The molecule has 4 heterocycles. The fourth-order valence-corrected chi connectivity index (χ4v) is 4.69. The van der Waals surface area contributed by atoms with Crippen LogP contribution >= 0.6 is 21.6 Å². The predicted molar refractivity (Wildman–Crippen MR) is 103 cm³/mol. The van der Waals surface area contributed by atoms with Crippen molar-refractivity contribution in [3.63, 3.8) is 0 Å². The van der Waals surface area contributed by atoms with E-state index in [1.54, 1.807) is 36.7 Å². The maximum Gasteiger partial charge on any atom is 0.258 e. The van der Waals surface area contributed by atoms with Crippen molar-refractivity contribution in [2.45, 2.75) is 10.1 Å². The highest BCUT2D eigenvalue weighted by molar-refractivity contribution is 8.76. The lowest BCUT2D eigenvalue weighted by Crippen LogP contribution is -2.30. The minimum absolute atomic E-state index is 0.354. The summed E-state index contributed by atoms with van der Waals surface area (Å²) in [6.07, 6.45) is 7.89. The van der Waals surface area contributed by atoms with E-state index in [0.717, 1.165) is 9.80 Å². The molecule has 0 saturated heterocycles. The first-order valence-electron chi connectivity index (χ1n) is 7.93. The van der Waals surface area contributed by atoms with Crippen LogP contribution < -0.4 is 9.80 Å². The molecule has 0 aromatic carbocycles. The zero-order chi connectivity index (χ0) is 19.7. The number of anilines is 2. The molecule has 10 heteroatoms. The Kier molecular flexibility index (Phi) is 4.80. The molecule has 2 aromatic rings. The molecule has 0 spiro atoms. The first-order chi connectivity index (χ1) is 13.6. The number of imide groups is 2. The molecule has 0 bridgehead atoms. The maximum absolute atomic E-state index is 12.0. The average molecular weight is 410 g/mol. The van der Waals surface area contributed by atoms with Crippen LogP contribution in [0.25, 0.3) is 0 Å². The predicted octanol–water partition coefficient (Wildman–Crippen LogP) is 2.13. The summed E-state index contributed by atoms with van der Waals surface area (Å²) in [7, 11) is 2.33. The van der Waals surface area contributed by atoms with E-state index >= 15 is 0 Å². The van der Waals surface area contributed by atoms with Crippen molar-refractivity contribution < 1.29 is 19.2 Å². The summed E-state index contributed by atoms with van der Waals surface area (Å²) in [5.74, 6) is -1.77. The van der Waals surface area contributed by atoms with Gasteiger partial charge in [0.2, 0.25) is 0 Å². The van der Waals surface area contributed by atoms with Crippen LogP contribution in [0.1, 0.15) is 0 Å². The van der Waals surface area contributed by atoms with E-state index < -0.39 is 23.6 Å². The highest BCUT2D eigenvalue weighted by Gasteiger charge is 2.30. The molecule has 8 nitrogen and oxygen atoms in total. The molecule has 28 heavy (non-hydrogen) atoms. The van der Waals surface area contributed by atoms with Gasteiger partial charge in [0, 0.05) is 36.7 Å². The standard InChI is InChI=1S/C18H10N4O4S2/c23-13-5-6-14(24)21(13)11-3-1-9-19-17(11)27-28-18-12(4-2-10-20-18)22-15(25)7-8-16(22)26/h1-10H. The Balaban J connectivity index is 1.61. The molecule has 0 radical (unpaired) electrons. The molecule has 0 fully saturated rings. The number of pyridine rings is 2. The van der Waals surface area contributed by atoms with Crippen LogP contribution in [0.15, 0.2) is 71.0 Å². The largest absolute Gasteiger partial charge is 0.269 e. The second-order valence-electron chi connectivity index (χ2n) is 5.51. The third-order valence-electron chi connectivity index (χ3n) is 3.80. The molecule has 4 amide bonds. The summed E-state index contributed by atoms with van der Waals surface area (Å²) in [6, 6.07) is 6.50. The quantitative estimate of drug-likeness (QED) is 0.546. The first kappa shape index (κ1) is 18.1. The Bertz CT molecular complexity index is 961. The van der Waals surface area contributed by atoms with Gasteiger partial charge in [-0.2, -0.15) is 0 Å². The number of aromatic nitrogens is 2. The smallest absolute Gasteiger partial charge is 0.258 e. The summed E-state index contributed by atoms with van der Waals surface area (Å²) in [5.41, 5.74) is 0.708. The summed E-state index contributed by atoms with van der Waals surface area (Å²) in [4.78, 5) is 58.5. The van der Waals surface area contributed by atoms with Gasteiger partial charge in [0.15, 0.2) is 0 Å². The van der Waals surface area contributed by atoms with Crippen LogP contribution in [-0.2, 0) is 19.2 Å². The second kappa shape index (κ2) is 7.41. The van der Waals surface area contributed by atoms with Crippen molar-refractivity contribution in [1.82, 2.24) is 9.97 Å². The number of rotatable bonds is 5. The van der Waals surface area contributed by atoms with Gasteiger partial charge >= 0.3 is 0 Å². The number of hydrogen-bond donors (Lipinski definition) is 0. The minimum Gasteiger partial charge on any atom is -0.269 e.